The molecule has 0 heterocycles. The Morgan fingerprint density at radius 1 is 1.07 bits per heavy atom. The van der Waals surface area contributed by atoms with E-state index in [1.54, 1.807) is 18.2 Å². The van der Waals surface area contributed by atoms with Gasteiger partial charge in [0.25, 0.3) is 0 Å². The Balaban J connectivity index is 2.06. The first kappa shape index (κ1) is 20.8. The highest BCUT2D eigenvalue weighted by Gasteiger charge is 2.22. The van der Waals surface area contributed by atoms with Crippen LogP contribution in [0.4, 0.5) is 8.78 Å². The highest BCUT2D eigenvalue weighted by Crippen LogP contribution is 2.17. The van der Waals surface area contributed by atoms with Crippen molar-refractivity contribution in [3.05, 3.63) is 70.8 Å². The zero-order valence-electron chi connectivity index (χ0n) is 15.2. The number of esters is 1. The van der Waals surface area contributed by atoms with E-state index in [0.29, 0.717) is 5.56 Å². The van der Waals surface area contributed by atoms with Gasteiger partial charge in [-0.2, -0.15) is 14.0 Å². The van der Waals surface area contributed by atoms with Crippen molar-refractivity contribution >= 4 is 17.8 Å². The quantitative estimate of drug-likeness (QED) is 0.307. The van der Waals surface area contributed by atoms with Crippen LogP contribution in [0.25, 0.3) is 6.08 Å². The Labute approximate surface area is 160 Å². The van der Waals surface area contributed by atoms with Gasteiger partial charge >= 0.3 is 12.6 Å². The van der Waals surface area contributed by atoms with Crippen LogP contribution < -0.4 is 4.74 Å². The maximum absolute atomic E-state index is 12.4. The number of halogens is 2. The maximum Gasteiger partial charge on any atom is 0.387 e. The molecule has 0 aliphatic heterocycles. The van der Waals surface area contributed by atoms with Gasteiger partial charge < -0.3 is 9.47 Å². The summed E-state index contributed by atoms with van der Waals surface area (Å²) in [5.74, 6) is -1.56. The third-order valence-electron chi connectivity index (χ3n) is 3.75. The van der Waals surface area contributed by atoms with E-state index in [-0.39, 0.29) is 16.9 Å². The summed E-state index contributed by atoms with van der Waals surface area (Å²) >= 11 is 0. The number of hydrogen-bond donors (Lipinski definition) is 0. The molecule has 2 aromatic rings. The van der Waals surface area contributed by atoms with Gasteiger partial charge in [-0.3, -0.25) is 4.79 Å². The molecule has 0 saturated carbocycles. The van der Waals surface area contributed by atoms with E-state index in [1.165, 1.54) is 37.3 Å². The number of carbonyl (C=O) groups is 2. The first-order valence-corrected chi connectivity index (χ1v) is 8.28. The maximum atomic E-state index is 12.4. The van der Waals surface area contributed by atoms with Crippen LogP contribution in [0, 0.1) is 18.3 Å². The van der Waals surface area contributed by atoms with E-state index in [4.69, 9.17) is 4.74 Å². The summed E-state index contributed by atoms with van der Waals surface area (Å²) in [5.41, 5.74) is 1.59. The molecule has 0 saturated heterocycles. The number of nitrogens with zero attached hydrogens (tertiary/aromatic N) is 1. The molecule has 2 aromatic carbocycles. The van der Waals surface area contributed by atoms with Crippen molar-refractivity contribution in [2.45, 2.75) is 26.6 Å². The lowest BCUT2D eigenvalue weighted by Gasteiger charge is -2.12. The first-order valence-electron chi connectivity index (χ1n) is 8.28. The molecule has 7 heteroatoms. The third-order valence-corrected chi connectivity index (χ3v) is 3.75. The number of nitriles is 1. The summed E-state index contributed by atoms with van der Waals surface area (Å²) in [6, 6.07) is 13.9. The number of ether oxygens (including phenoxy) is 2. The fourth-order valence-electron chi connectivity index (χ4n) is 2.28. The van der Waals surface area contributed by atoms with E-state index < -0.39 is 24.5 Å². The number of Topliss-reactive ketones (excluding diaryl/α,β-unsaturated/α-hetero) is 1. The third kappa shape index (κ3) is 5.74. The Morgan fingerprint density at radius 2 is 1.68 bits per heavy atom. The van der Waals surface area contributed by atoms with Gasteiger partial charge in [0.2, 0.25) is 5.78 Å². The van der Waals surface area contributed by atoms with Crippen LogP contribution in [-0.2, 0) is 9.53 Å². The monoisotopic (exact) mass is 385 g/mol. The zero-order valence-corrected chi connectivity index (χ0v) is 15.2. The molecule has 5 nitrogen and oxygen atoms in total. The van der Waals surface area contributed by atoms with Crippen molar-refractivity contribution in [3.8, 4) is 11.8 Å². The second-order valence-corrected chi connectivity index (χ2v) is 5.90. The summed E-state index contributed by atoms with van der Waals surface area (Å²) in [7, 11) is 0. The van der Waals surface area contributed by atoms with E-state index in [9.17, 15) is 23.6 Å². The molecule has 0 amide bonds. The number of ketones is 1. The predicted octanol–water partition coefficient (Wildman–Crippen LogP) is 4.32. The fraction of sp³-hybridized carbons (Fsp3) is 0.190. The molecule has 0 aromatic heterocycles. The van der Waals surface area contributed by atoms with Gasteiger partial charge in [0.15, 0.2) is 6.10 Å². The topological polar surface area (TPSA) is 76.4 Å². The van der Waals surface area contributed by atoms with Crippen molar-refractivity contribution in [1.29, 1.82) is 5.26 Å². The van der Waals surface area contributed by atoms with E-state index in [1.807, 2.05) is 19.1 Å². The SMILES string of the molecule is Cc1ccc(/C=C(\C#N)C(=O)O[C@H](C)C(=O)c2ccc(OC(F)F)cc2)cc1. The van der Waals surface area contributed by atoms with Gasteiger partial charge in [-0.05, 0) is 49.8 Å². The van der Waals surface area contributed by atoms with Crippen LogP contribution in [-0.4, -0.2) is 24.5 Å². The van der Waals surface area contributed by atoms with Gasteiger partial charge in [-0.25, -0.2) is 4.79 Å². The molecule has 0 aliphatic rings. The van der Waals surface area contributed by atoms with Crippen LogP contribution in [0.1, 0.15) is 28.4 Å². The molecule has 28 heavy (non-hydrogen) atoms. The molecule has 0 unspecified atom stereocenters. The van der Waals surface area contributed by atoms with Crippen LogP contribution in [0.2, 0.25) is 0 Å². The van der Waals surface area contributed by atoms with E-state index >= 15 is 0 Å². The lowest BCUT2D eigenvalue weighted by molar-refractivity contribution is -0.141. The minimum Gasteiger partial charge on any atom is -0.450 e. The molecular formula is C21H17F2NO4. The van der Waals surface area contributed by atoms with Crippen molar-refractivity contribution in [2.24, 2.45) is 0 Å². The Bertz CT molecular complexity index is 913. The van der Waals surface area contributed by atoms with Crippen LogP contribution >= 0.6 is 0 Å². The molecule has 0 aliphatic carbocycles. The van der Waals surface area contributed by atoms with Crippen molar-refractivity contribution in [1.82, 2.24) is 0 Å². The van der Waals surface area contributed by atoms with Gasteiger partial charge in [0.1, 0.15) is 17.4 Å². The van der Waals surface area contributed by atoms with Gasteiger partial charge in [-0.1, -0.05) is 29.8 Å². The van der Waals surface area contributed by atoms with Gasteiger partial charge in [0.05, 0.1) is 0 Å². The summed E-state index contributed by atoms with van der Waals surface area (Å²) in [6.45, 7) is 0.308. The summed E-state index contributed by atoms with van der Waals surface area (Å²) in [6.07, 6.45) is 0.208. The van der Waals surface area contributed by atoms with Crippen LogP contribution in [0.15, 0.2) is 54.1 Å². The minimum absolute atomic E-state index is 0.0935. The first-order chi connectivity index (χ1) is 13.3. The molecular weight excluding hydrogens is 368 g/mol. The van der Waals surface area contributed by atoms with Crippen LogP contribution in [0.3, 0.4) is 0 Å². The molecule has 0 bridgehead atoms. The predicted molar refractivity (Wildman–Crippen MR) is 97.7 cm³/mol. The Morgan fingerprint density at radius 3 is 2.21 bits per heavy atom. The number of aryl methyl sites for hydroxylation is 1. The molecule has 0 radical (unpaired) electrons. The molecule has 1 atom stereocenters. The average molecular weight is 385 g/mol. The molecule has 0 N–H and O–H groups in total. The standard InChI is InChI=1S/C21H17F2NO4/c1-13-3-5-15(6-4-13)11-17(12-24)20(26)27-14(2)19(25)16-7-9-18(10-8-16)28-21(22)23/h3-11,14,21H,1-2H3/b17-11+/t14-/m1/s1. The fourth-order valence-corrected chi connectivity index (χ4v) is 2.28. The summed E-state index contributed by atoms with van der Waals surface area (Å²) in [4.78, 5) is 24.6. The number of benzene rings is 2. The molecule has 144 valence electrons. The largest absolute Gasteiger partial charge is 0.450 e. The molecule has 0 fully saturated rings. The second kappa shape index (κ2) is 9.42. The van der Waals surface area contributed by atoms with Gasteiger partial charge in [-0.15, -0.1) is 0 Å². The lowest BCUT2D eigenvalue weighted by atomic mass is 10.1. The second-order valence-electron chi connectivity index (χ2n) is 5.90. The van der Waals surface area contributed by atoms with E-state index in [0.717, 1.165) is 5.56 Å². The molecule has 2 rings (SSSR count). The lowest BCUT2D eigenvalue weighted by Crippen LogP contribution is -2.25. The number of hydrogen-bond acceptors (Lipinski definition) is 5. The van der Waals surface area contributed by atoms with Crippen molar-refractivity contribution in [2.75, 3.05) is 0 Å². The van der Waals surface area contributed by atoms with Crippen LogP contribution in [0.5, 0.6) is 5.75 Å². The summed E-state index contributed by atoms with van der Waals surface area (Å²) < 4.78 is 33.6. The number of alkyl halides is 2. The number of rotatable bonds is 7. The van der Waals surface area contributed by atoms with E-state index in [2.05, 4.69) is 4.74 Å². The average Bonchev–Trinajstić information content (AvgIpc) is 2.67. The van der Waals surface area contributed by atoms with Crippen molar-refractivity contribution in [3.63, 3.8) is 0 Å². The zero-order chi connectivity index (χ0) is 20.7. The summed E-state index contributed by atoms with van der Waals surface area (Å²) in [5, 5.41) is 9.20. The molecule has 0 spiro atoms. The number of carbonyl (C=O) groups excluding carboxylic acids is 2. The highest BCUT2D eigenvalue weighted by atomic mass is 19.3. The Kier molecular flexibility index (Phi) is 6.99. The minimum atomic E-state index is -2.97. The Hall–Kier alpha value is -3.53. The normalized spacial score (nSPS) is 12.2. The van der Waals surface area contributed by atoms with Gasteiger partial charge in [0, 0.05) is 5.56 Å². The van der Waals surface area contributed by atoms with Crippen molar-refractivity contribution < 1.29 is 27.8 Å². The smallest absolute Gasteiger partial charge is 0.387 e. The highest BCUT2D eigenvalue weighted by molar-refractivity contribution is 6.03.